The van der Waals surface area contributed by atoms with Gasteiger partial charge in [-0.15, -0.1) is 0 Å². The van der Waals surface area contributed by atoms with E-state index in [1.54, 1.807) is 45.9 Å². The van der Waals surface area contributed by atoms with Gasteiger partial charge in [-0.3, -0.25) is 14.4 Å². The van der Waals surface area contributed by atoms with Crippen LogP contribution in [0.4, 0.5) is 0 Å². The Kier molecular flexibility index (Phi) is 12.3. The van der Waals surface area contributed by atoms with E-state index >= 15 is 0 Å². The summed E-state index contributed by atoms with van der Waals surface area (Å²) in [5.74, 6) is -0.199. The number of methoxy groups -OCH3 is 2. The van der Waals surface area contributed by atoms with Crippen molar-refractivity contribution in [3.05, 3.63) is 51.9 Å². The minimum atomic E-state index is -0.824. The molecule has 2 atom stereocenters. The van der Waals surface area contributed by atoms with E-state index in [9.17, 15) is 14.4 Å². The highest BCUT2D eigenvalue weighted by Crippen LogP contribution is 2.30. The van der Waals surface area contributed by atoms with E-state index in [0.29, 0.717) is 44.0 Å². The fraction of sp³-hybridized carbons (Fsp3) is 0.576. The predicted molar refractivity (Wildman–Crippen MR) is 169 cm³/mol. The number of fused-ring (bicyclic) bond motifs is 1. The van der Waals surface area contributed by atoms with Gasteiger partial charge in [-0.2, -0.15) is 0 Å². The molecule has 4 rings (SSSR count). The van der Waals surface area contributed by atoms with Crippen LogP contribution in [0, 0.1) is 6.92 Å². The van der Waals surface area contributed by atoms with Crippen LogP contribution in [0.3, 0.4) is 0 Å². The number of esters is 2. The van der Waals surface area contributed by atoms with Crippen molar-refractivity contribution < 1.29 is 33.6 Å². The molecule has 0 aliphatic heterocycles. The molecule has 1 fully saturated rings. The molecule has 0 saturated heterocycles. The van der Waals surface area contributed by atoms with Gasteiger partial charge in [-0.25, -0.2) is 4.98 Å². The lowest BCUT2D eigenvalue weighted by Gasteiger charge is -2.30. The molecular weight excluding hydrogens is 580 g/mol. The molecule has 0 bridgehead atoms. The number of pyridine rings is 1. The molecule has 0 spiro atoms. The summed E-state index contributed by atoms with van der Waals surface area (Å²) in [7, 11) is 5.02. The second kappa shape index (κ2) is 16.1. The summed E-state index contributed by atoms with van der Waals surface area (Å²) in [6.07, 6.45) is 4.61. The minimum Gasteiger partial charge on any atom is -0.461 e. The number of carbonyl (C=O) groups excluding carboxylic acids is 2. The fourth-order valence-corrected chi connectivity index (χ4v) is 5.55. The van der Waals surface area contributed by atoms with Crippen molar-refractivity contribution in [1.29, 1.82) is 0 Å². The summed E-state index contributed by atoms with van der Waals surface area (Å²) in [4.78, 5) is 42.7. The van der Waals surface area contributed by atoms with E-state index in [-0.39, 0.29) is 30.7 Å². The van der Waals surface area contributed by atoms with E-state index in [2.05, 4.69) is 9.88 Å². The van der Waals surface area contributed by atoms with Crippen molar-refractivity contribution in [3.8, 4) is 11.4 Å². The molecular formula is C33H46N4O8. The molecule has 45 heavy (non-hydrogen) atoms. The Bertz CT molecular complexity index is 1480. The van der Waals surface area contributed by atoms with Crippen molar-refractivity contribution in [1.82, 2.24) is 19.4 Å². The third kappa shape index (κ3) is 8.57. The lowest BCUT2D eigenvalue weighted by molar-refractivity contribution is -0.163. The van der Waals surface area contributed by atoms with E-state index < -0.39 is 24.1 Å². The number of aliphatic hydroxyl groups is 1. The molecule has 1 saturated carbocycles. The smallest absolute Gasteiger partial charge is 0.327 e. The largest absolute Gasteiger partial charge is 0.461 e. The van der Waals surface area contributed by atoms with Gasteiger partial charge in [0.25, 0.3) is 5.56 Å². The van der Waals surface area contributed by atoms with Crippen molar-refractivity contribution >= 4 is 23.0 Å². The lowest BCUT2D eigenvalue weighted by Crippen LogP contribution is -2.49. The lowest BCUT2D eigenvalue weighted by atomic mass is 9.96. The van der Waals surface area contributed by atoms with Gasteiger partial charge in [0.1, 0.15) is 24.1 Å². The number of aromatic nitrogens is 3. The minimum absolute atomic E-state index is 0.0642. The molecule has 0 amide bonds. The van der Waals surface area contributed by atoms with Crippen LogP contribution in [-0.2, 0) is 42.0 Å². The maximum Gasteiger partial charge on any atom is 0.327 e. The van der Waals surface area contributed by atoms with E-state index in [4.69, 9.17) is 29.0 Å². The summed E-state index contributed by atoms with van der Waals surface area (Å²) in [5.41, 5.74) is 4.04. The topological polar surface area (TPSA) is 143 Å². The first-order chi connectivity index (χ1) is 21.7. The quantitative estimate of drug-likeness (QED) is 0.215. The average molecular weight is 627 g/mol. The first kappa shape index (κ1) is 34.3. The summed E-state index contributed by atoms with van der Waals surface area (Å²) < 4.78 is 25.9. The molecule has 0 radical (unpaired) electrons. The Balaban J connectivity index is 1.57. The predicted octanol–water partition coefficient (Wildman–Crippen LogP) is 2.84. The number of nitrogens with zero attached hydrogens (tertiary/aromatic N) is 3. The molecule has 246 valence electrons. The Morgan fingerprint density at radius 2 is 1.89 bits per heavy atom. The van der Waals surface area contributed by atoms with Crippen LogP contribution in [0.1, 0.15) is 56.2 Å². The van der Waals surface area contributed by atoms with Crippen LogP contribution < -0.4 is 10.9 Å². The number of carbonyl (C=O) groups is 2. The van der Waals surface area contributed by atoms with Crippen LogP contribution in [-0.4, -0.2) is 90.0 Å². The monoisotopic (exact) mass is 626 g/mol. The number of aryl methyl sites for hydroxylation is 2. The summed E-state index contributed by atoms with van der Waals surface area (Å²) >= 11 is 0. The molecule has 12 heteroatoms. The Morgan fingerprint density at radius 1 is 1.16 bits per heavy atom. The maximum absolute atomic E-state index is 13.0. The molecule has 2 N–H and O–H groups in total. The van der Waals surface area contributed by atoms with Crippen LogP contribution >= 0.6 is 0 Å². The van der Waals surface area contributed by atoms with Crippen molar-refractivity contribution in [3.63, 3.8) is 0 Å². The molecule has 1 aliphatic rings. The third-order valence-electron chi connectivity index (χ3n) is 8.15. The second-order valence-corrected chi connectivity index (χ2v) is 11.7. The second-order valence-electron chi connectivity index (χ2n) is 11.7. The molecule has 2 heterocycles. The van der Waals surface area contributed by atoms with E-state index in [1.807, 2.05) is 24.3 Å². The number of ether oxygens (including phenoxy) is 4. The average Bonchev–Trinajstić information content (AvgIpc) is 3.37. The third-order valence-corrected chi connectivity index (χ3v) is 8.15. The van der Waals surface area contributed by atoms with Crippen molar-refractivity contribution in [2.75, 3.05) is 40.6 Å². The highest BCUT2D eigenvalue weighted by atomic mass is 16.6. The molecule has 2 unspecified atom stereocenters. The van der Waals surface area contributed by atoms with Crippen molar-refractivity contribution in [2.45, 2.75) is 76.7 Å². The van der Waals surface area contributed by atoms with Gasteiger partial charge >= 0.3 is 11.9 Å². The highest BCUT2D eigenvalue weighted by molar-refractivity contribution is 5.82. The number of rotatable bonds is 17. The summed E-state index contributed by atoms with van der Waals surface area (Å²) in [6.45, 7) is 4.60. The number of hydrogen-bond acceptors (Lipinski definition) is 10. The normalized spacial score (nSPS) is 14.8. The molecule has 2 aromatic heterocycles. The van der Waals surface area contributed by atoms with Gasteiger partial charge in [-0.05, 0) is 69.7 Å². The van der Waals surface area contributed by atoms with Crippen LogP contribution in [0.25, 0.3) is 22.4 Å². The number of hydrogen-bond donors (Lipinski definition) is 2. The zero-order chi connectivity index (χ0) is 32.5. The Hall–Kier alpha value is -3.58. The van der Waals surface area contributed by atoms with E-state index in [0.717, 1.165) is 41.4 Å². The van der Waals surface area contributed by atoms with Gasteiger partial charge < -0.3 is 38.5 Å². The zero-order valence-corrected chi connectivity index (χ0v) is 26.9. The number of benzene rings is 1. The zero-order valence-electron chi connectivity index (χ0n) is 26.9. The van der Waals surface area contributed by atoms with Crippen LogP contribution in [0.2, 0.25) is 0 Å². The summed E-state index contributed by atoms with van der Waals surface area (Å²) in [5, 5.41) is 12.3. The van der Waals surface area contributed by atoms with Gasteiger partial charge in [0.15, 0.2) is 0 Å². The Morgan fingerprint density at radius 3 is 2.51 bits per heavy atom. The summed E-state index contributed by atoms with van der Waals surface area (Å²) in [6, 6.07) is 6.92. The number of aliphatic hydroxyl groups excluding tert-OH is 1. The highest BCUT2D eigenvalue weighted by Gasteiger charge is 2.32. The van der Waals surface area contributed by atoms with Crippen molar-refractivity contribution in [2.24, 2.45) is 7.05 Å². The number of imidazole rings is 1. The molecule has 1 aromatic carbocycles. The van der Waals surface area contributed by atoms with Crippen LogP contribution in [0.5, 0.6) is 0 Å². The SMILES string of the molecule is COCC(COC)n1c(-c2cc(C)c(=O)n(C)c2)nc2cc(CCNC(C(=O)OC3CCC3)C(C)OC(=O)CCCO)ccc21. The van der Waals surface area contributed by atoms with Gasteiger partial charge in [0.05, 0.1) is 30.3 Å². The van der Waals surface area contributed by atoms with E-state index in [1.165, 1.54) is 0 Å². The standard InChI is InChI=1S/C33H46N4O8/c1-21-16-24(18-36(3)32(21)40)31-35-27-17-23(11-12-28(27)37(31)25(19-42-4)20-43-5)13-14-34-30(33(41)45-26-8-6-9-26)22(2)44-29(39)10-7-15-38/h11-12,16-18,22,25-26,30,34,38H,6-10,13-15,19-20H2,1-5H3. The van der Waals surface area contributed by atoms with Gasteiger partial charge in [0, 0.05) is 58.2 Å². The Labute approximate surface area is 263 Å². The number of nitrogens with one attached hydrogen (secondary N) is 1. The molecule has 3 aromatic rings. The van der Waals surface area contributed by atoms with Gasteiger partial charge in [-0.1, -0.05) is 6.07 Å². The van der Waals surface area contributed by atoms with Crippen LogP contribution in [0.15, 0.2) is 35.3 Å². The first-order valence-electron chi connectivity index (χ1n) is 15.6. The van der Waals surface area contributed by atoms with Gasteiger partial charge in [0.2, 0.25) is 0 Å². The molecule has 12 nitrogen and oxygen atoms in total. The fourth-order valence-electron chi connectivity index (χ4n) is 5.55. The maximum atomic E-state index is 13.0. The molecule has 1 aliphatic carbocycles. The first-order valence-corrected chi connectivity index (χ1v) is 15.6.